The summed E-state index contributed by atoms with van der Waals surface area (Å²) < 4.78 is 16.2. The lowest BCUT2D eigenvalue weighted by molar-refractivity contribution is 0.328. The van der Waals surface area contributed by atoms with Gasteiger partial charge in [0.2, 0.25) is 6.49 Å². The number of hydrogen-bond acceptors (Lipinski definition) is 5. The molecule has 0 spiro atoms. The third-order valence-electron chi connectivity index (χ3n) is 1.92. The zero-order valence-electron chi connectivity index (χ0n) is 9.97. The molecule has 0 aliphatic heterocycles. The first-order valence-electron chi connectivity index (χ1n) is 5.02. The van der Waals surface area contributed by atoms with Gasteiger partial charge >= 0.3 is 0 Å². The second-order valence-corrected chi connectivity index (χ2v) is 7.23. The maximum Gasteiger partial charge on any atom is 0.235 e. The summed E-state index contributed by atoms with van der Waals surface area (Å²) in [7, 11) is 1.52. The molecular formula is C11H14NO3PS. The van der Waals surface area contributed by atoms with Gasteiger partial charge < -0.3 is 13.8 Å². The molecule has 0 saturated heterocycles. The lowest BCUT2D eigenvalue weighted by atomic mass is 10.2. The second-order valence-electron chi connectivity index (χ2n) is 3.26. The maximum absolute atomic E-state index is 8.78. The molecule has 0 aliphatic carbocycles. The van der Waals surface area contributed by atoms with E-state index in [1.807, 2.05) is 13.0 Å². The Morgan fingerprint density at radius 1 is 1.41 bits per heavy atom. The van der Waals surface area contributed by atoms with Gasteiger partial charge in [-0.15, -0.1) is 0 Å². The van der Waals surface area contributed by atoms with E-state index >= 15 is 0 Å². The standard InChI is InChI=1S/C11H14NO3PS/c1-4-14-16(3,17)15-10-6-5-9(8-12)7-11(10)13-2/h5-7H,4H2,1-3H3. The van der Waals surface area contributed by atoms with Gasteiger partial charge in [0.1, 0.15) is 0 Å². The molecule has 0 saturated carbocycles. The van der Waals surface area contributed by atoms with Crippen molar-refractivity contribution >= 4 is 18.3 Å². The van der Waals surface area contributed by atoms with Crippen LogP contribution in [0.1, 0.15) is 12.5 Å². The van der Waals surface area contributed by atoms with Crippen LogP contribution in [0.2, 0.25) is 0 Å². The predicted molar refractivity (Wildman–Crippen MR) is 70.2 cm³/mol. The van der Waals surface area contributed by atoms with Crippen molar-refractivity contribution in [1.82, 2.24) is 0 Å². The van der Waals surface area contributed by atoms with Gasteiger partial charge in [-0.05, 0) is 30.9 Å². The summed E-state index contributed by atoms with van der Waals surface area (Å²) in [5, 5.41) is 8.78. The van der Waals surface area contributed by atoms with E-state index in [4.69, 9.17) is 30.9 Å². The van der Waals surface area contributed by atoms with E-state index < -0.39 is 6.49 Å². The molecule has 1 aromatic carbocycles. The lowest BCUT2D eigenvalue weighted by Gasteiger charge is -2.19. The van der Waals surface area contributed by atoms with Crippen LogP contribution in [0.25, 0.3) is 0 Å². The zero-order chi connectivity index (χ0) is 12.9. The second kappa shape index (κ2) is 6.02. The molecular weight excluding hydrogens is 257 g/mol. The van der Waals surface area contributed by atoms with E-state index in [0.29, 0.717) is 23.7 Å². The van der Waals surface area contributed by atoms with E-state index in [2.05, 4.69) is 0 Å². The average Bonchev–Trinajstić information content (AvgIpc) is 2.29. The molecule has 17 heavy (non-hydrogen) atoms. The Bertz CT molecular complexity index is 484. The van der Waals surface area contributed by atoms with Crippen molar-refractivity contribution in [3.63, 3.8) is 0 Å². The highest BCUT2D eigenvalue weighted by Gasteiger charge is 2.15. The number of ether oxygens (including phenoxy) is 1. The van der Waals surface area contributed by atoms with E-state index in [-0.39, 0.29) is 0 Å². The monoisotopic (exact) mass is 271 g/mol. The number of nitriles is 1. The van der Waals surface area contributed by atoms with Crippen LogP contribution in [-0.2, 0) is 16.3 Å². The smallest absolute Gasteiger partial charge is 0.235 e. The van der Waals surface area contributed by atoms with Crippen molar-refractivity contribution in [1.29, 1.82) is 5.26 Å². The highest BCUT2D eigenvalue weighted by Crippen LogP contribution is 2.47. The van der Waals surface area contributed by atoms with Gasteiger partial charge in [-0.2, -0.15) is 5.26 Å². The number of benzene rings is 1. The topological polar surface area (TPSA) is 51.5 Å². The van der Waals surface area contributed by atoms with Crippen LogP contribution in [0.5, 0.6) is 11.5 Å². The Morgan fingerprint density at radius 2 is 2.12 bits per heavy atom. The summed E-state index contributed by atoms with van der Waals surface area (Å²) in [5.41, 5.74) is 0.509. The van der Waals surface area contributed by atoms with E-state index in [9.17, 15) is 0 Å². The number of rotatable bonds is 5. The quantitative estimate of drug-likeness (QED) is 0.771. The fraction of sp³-hybridized carbons (Fsp3) is 0.364. The Hall–Kier alpha value is -1.08. The molecule has 0 aromatic heterocycles. The molecule has 0 heterocycles. The normalized spacial score (nSPS) is 13.5. The Morgan fingerprint density at radius 3 is 2.65 bits per heavy atom. The fourth-order valence-electron chi connectivity index (χ4n) is 1.25. The molecule has 1 rings (SSSR count). The first-order valence-corrected chi connectivity index (χ1v) is 8.10. The third-order valence-corrected chi connectivity index (χ3v) is 3.72. The molecule has 1 aromatic rings. The number of hydrogen-bond donors (Lipinski definition) is 0. The van der Waals surface area contributed by atoms with Crippen LogP contribution >= 0.6 is 6.49 Å². The molecule has 0 fully saturated rings. The van der Waals surface area contributed by atoms with Crippen molar-refractivity contribution in [3.05, 3.63) is 23.8 Å². The molecule has 6 heteroatoms. The first-order chi connectivity index (χ1) is 8.02. The lowest BCUT2D eigenvalue weighted by Crippen LogP contribution is -1.98. The van der Waals surface area contributed by atoms with Crippen molar-refractivity contribution in [2.24, 2.45) is 0 Å². The van der Waals surface area contributed by atoms with Gasteiger partial charge in [0.05, 0.1) is 25.3 Å². The van der Waals surface area contributed by atoms with Gasteiger partial charge in [-0.25, -0.2) is 0 Å². The fourth-order valence-corrected chi connectivity index (χ4v) is 2.84. The van der Waals surface area contributed by atoms with E-state index in [1.54, 1.807) is 24.9 Å². The molecule has 4 nitrogen and oxygen atoms in total. The van der Waals surface area contributed by atoms with Gasteiger partial charge in [-0.1, -0.05) is 0 Å². The maximum atomic E-state index is 8.78. The molecule has 1 atom stereocenters. The van der Waals surface area contributed by atoms with E-state index in [1.165, 1.54) is 7.11 Å². The van der Waals surface area contributed by atoms with Crippen LogP contribution in [0.3, 0.4) is 0 Å². The molecule has 0 amide bonds. The van der Waals surface area contributed by atoms with Crippen molar-refractivity contribution in [3.8, 4) is 17.6 Å². The average molecular weight is 271 g/mol. The Balaban J connectivity index is 2.99. The highest BCUT2D eigenvalue weighted by atomic mass is 32.5. The summed E-state index contributed by atoms with van der Waals surface area (Å²) >= 11 is 5.24. The highest BCUT2D eigenvalue weighted by molar-refractivity contribution is 8.09. The molecule has 0 N–H and O–H groups in total. The van der Waals surface area contributed by atoms with Gasteiger partial charge in [0.15, 0.2) is 11.5 Å². The van der Waals surface area contributed by atoms with Crippen molar-refractivity contribution in [2.75, 3.05) is 20.4 Å². The van der Waals surface area contributed by atoms with Crippen LogP contribution in [-0.4, -0.2) is 20.4 Å². The number of methoxy groups -OCH3 is 1. The van der Waals surface area contributed by atoms with Gasteiger partial charge in [0, 0.05) is 12.7 Å². The van der Waals surface area contributed by atoms with Crippen molar-refractivity contribution < 1.29 is 13.8 Å². The van der Waals surface area contributed by atoms with Crippen LogP contribution < -0.4 is 9.26 Å². The minimum atomic E-state index is -2.31. The summed E-state index contributed by atoms with van der Waals surface area (Å²) in [6, 6.07) is 6.96. The summed E-state index contributed by atoms with van der Waals surface area (Å²) in [6.45, 7) is 1.82. The molecule has 92 valence electrons. The first kappa shape index (κ1) is 14.0. The molecule has 0 aliphatic rings. The summed E-state index contributed by atoms with van der Waals surface area (Å²) in [6.07, 6.45) is 0. The Kier molecular flexibility index (Phi) is 4.95. The number of nitrogens with zero attached hydrogens (tertiary/aromatic N) is 1. The van der Waals surface area contributed by atoms with Gasteiger partial charge in [0.25, 0.3) is 0 Å². The minimum Gasteiger partial charge on any atom is -0.493 e. The minimum absolute atomic E-state index is 0.486. The summed E-state index contributed by atoms with van der Waals surface area (Å²) in [5.74, 6) is 0.991. The van der Waals surface area contributed by atoms with Gasteiger partial charge in [-0.3, -0.25) is 0 Å². The largest absolute Gasteiger partial charge is 0.493 e. The zero-order valence-corrected chi connectivity index (χ0v) is 11.7. The predicted octanol–water partition coefficient (Wildman–Crippen LogP) is 2.92. The van der Waals surface area contributed by atoms with Crippen molar-refractivity contribution in [2.45, 2.75) is 6.92 Å². The third kappa shape index (κ3) is 4.01. The SMILES string of the molecule is CCOP(C)(=S)Oc1ccc(C#N)cc1OC. The molecule has 0 bridgehead atoms. The van der Waals surface area contributed by atoms with Crippen LogP contribution in [0, 0.1) is 11.3 Å². The summed E-state index contributed by atoms with van der Waals surface area (Å²) in [4.78, 5) is 0. The Labute approximate surface area is 106 Å². The van der Waals surface area contributed by atoms with E-state index in [0.717, 1.165) is 0 Å². The van der Waals surface area contributed by atoms with Crippen LogP contribution in [0.15, 0.2) is 18.2 Å². The van der Waals surface area contributed by atoms with Crippen LogP contribution in [0.4, 0.5) is 0 Å². The molecule has 0 radical (unpaired) electrons. The molecule has 1 unspecified atom stereocenters.